The second kappa shape index (κ2) is 18.8. The fraction of sp³-hybridized carbons (Fsp3) is 0.710. The number of rotatable bonds is 21. The van der Waals surface area contributed by atoms with E-state index in [1.807, 2.05) is 0 Å². The van der Waals surface area contributed by atoms with Crippen molar-refractivity contribution in [2.75, 3.05) is 0 Å². The predicted molar refractivity (Wildman–Crippen MR) is 145 cm³/mol. The summed E-state index contributed by atoms with van der Waals surface area (Å²) in [4.78, 5) is 0. The van der Waals surface area contributed by atoms with Crippen LogP contribution in [0.2, 0.25) is 0 Å². The molecule has 2 nitrogen and oxygen atoms in total. The van der Waals surface area contributed by atoms with Crippen molar-refractivity contribution in [2.24, 2.45) is 0 Å². The van der Waals surface area contributed by atoms with Gasteiger partial charge >= 0.3 is 0 Å². The Labute approximate surface area is 205 Å². The van der Waals surface area contributed by atoms with Gasteiger partial charge in [-0.15, -0.1) is 0 Å². The SMILES string of the molecule is CCCCCCCCCCCCCCCCCC[n+]1ccn(CCCC)c1-c1ccccc1. The van der Waals surface area contributed by atoms with Gasteiger partial charge in [0, 0.05) is 0 Å². The minimum Gasteiger partial charge on any atom is -0.230 e. The first-order valence-corrected chi connectivity index (χ1v) is 14.5. The maximum absolute atomic E-state index is 2.48. The summed E-state index contributed by atoms with van der Waals surface area (Å²) < 4.78 is 4.93. The molecule has 0 N–H and O–H groups in total. The van der Waals surface area contributed by atoms with E-state index in [1.165, 1.54) is 127 Å². The third-order valence-corrected chi connectivity index (χ3v) is 7.01. The minimum atomic E-state index is 1.12. The lowest BCUT2D eigenvalue weighted by Crippen LogP contribution is -2.34. The van der Waals surface area contributed by atoms with Gasteiger partial charge in [-0.25, -0.2) is 9.13 Å². The van der Waals surface area contributed by atoms with Gasteiger partial charge < -0.3 is 0 Å². The maximum Gasteiger partial charge on any atom is 0.288 e. The molecule has 2 rings (SSSR count). The van der Waals surface area contributed by atoms with Gasteiger partial charge in [-0.1, -0.05) is 128 Å². The summed E-state index contributed by atoms with van der Waals surface area (Å²) in [6.45, 7) is 6.83. The van der Waals surface area contributed by atoms with E-state index in [2.05, 4.69) is 65.7 Å². The van der Waals surface area contributed by atoms with Crippen molar-refractivity contribution in [2.45, 2.75) is 143 Å². The standard InChI is InChI=1S/C31H53N2/c1-3-5-7-8-9-10-11-12-13-14-15-16-17-18-19-23-27-33-29-28-32(26-6-4-2)31(33)30-24-21-20-22-25-30/h20-22,24-25,28-29H,3-19,23,26-27H2,1-2H3/q+1. The van der Waals surface area contributed by atoms with Crippen molar-refractivity contribution in [3.63, 3.8) is 0 Å². The summed E-state index contributed by atoms with van der Waals surface area (Å²) in [5, 5.41) is 0. The Kier molecular flexibility index (Phi) is 15.8. The van der Waals surface area contributed by atoms with Crippen LogP contribution in [0.3, 0.4) is 0 Å². The summed E-state index contributed by atoms with van der Waals surface area (Å²) in [5.74, 6) is 1.38. The van der Waals surface area contributed by atoms with E-state index in [4.69, 9.17) is 0 Å². The number of unbranched alkanes of at least 4 members (excludes halogenated alkanes) is 16. The van der Waals surface area contributed by atoms with Crippen LogP contribution in [0.4, 0.5) is 0 Å². The van der Waals surface area contributed by atoms with E-state index >= 15 is 0 Å². The van der Waals surface area contributed by atoms with Crippen molar-refractivity contribution in [3.05, 3.63) is 42.7 Å². The Balaban J connectivity index is 1.52. The summed E-state index contributed by atoms with van der Waals surface area (Å²) >= 11 is 0. The van der Waals surface area contributed by atoms with Gasteiger partial charge in [0.1, 0.15) is 12.4 Å². The number of imidazole rings is 1. The third-order valence-electron chi connectivity index (χ3n) is 7.01. The van der Waals surface area contributed by atoms with Gasteiger partial charge in [-0.05, 0) is 31.4 Å². The van der Waals surface area contributed by atoms with Gasteiger partial charge in [-0.3, -0.25) is 0 Å². The average Bonchev–Trinajstić information content (AvgIpc) is 3.25. The summed E-state index contributed by atoms with van der Waals surface area (Å²) in [6, 6.07) is 10.9. The second-order valence-electron chi connectivity index (χ2n) is 10.0. The number of aromatic nitrogens is 2. The predicted octanol–water partition coefficient (Wildman–Crippen LogP) is 9.50. The molecule has 2 aromatic rings. The third kappa shape index (κ3) is 11.9. The van der Waals surface area contributed by atoms with E-state index in [9.17, 15) is 0 Å². The molecule has 1 aromatic heterocycles. The number of aryl methyl sites for hydroxylation is 2. The van der Waals surface area contributed by atoms with E-state index in [-0.39, 0.29) is 0 Å². The summed E-state index contributed by atoms with van der Waals surface area (Å²) in [7, 11) is 0. The molecule has 0 spiro atoms. The van der Waals surface area contributed by atoms with Crippen LogP contribution in [-0.4, -0.2) is 4.57 Å². The van der Waals surface area contributed by atoms with Gasteiger partial charge in [0.25, 0.3) is 5.82 Å². The van der Waals surface area contributed by atoms with E-state index < -0.39 is 0 Å². The molecule has 0 aliphatic heterocycles. The lowest BCUT2D eigenvalue weighted by atomic mass is 10.0. The Morgan fingerprint density at radius 3 is 1.58 bits per heavy atom. The molecule has 0 saturated heterocycles. The summed E-state index contributed by atoms with van der Waals surface area (Å²) in [6.07, 6.45) is 29.9. The van der Waals surface area contributed by atoms with Gasteiger partial charge in [0.15, 0.2) is 0 Å². The van der Waals surface area contributed by atoms with Crippen LogP contribution in [-0.2, 0) is 13.1 Å². The molecule has 0 aliphatic rings. The Morgan fingerprint density at radius 1 is 0.576 bits per heavy atom. The highest BCUT2D eigenvalue weighted by Crippen LogP contribution is 2.17. The van der Waals surface area contributed by atoms with Crippen molar-refractivity contribution in [1.82, 2.24) is 4.57 Å². The quantitative estimate of drug-likeness (QED) is 0.131. The van der Waals surface area contributed by atoms with E-state index in [1.54, 1.807) is 0 Å². The molecule has 0 amide bonds. The minimum absolute atomic E-state index is 1.12. The van der Waals surface area contributed by atoms with E-state index in [0.29, 0.717) is 0 Å². The van der Waals surface area contributed by atoms with Crippen molar-refractivity contribution < 1.29 is 4.57 Å². The molecule has 0 fully saturated rings. The lowest BCUT2D eigenvalue weighted by Gasteiger charge is -2.06. The molecule has 0 aliphatic carbocycles. The van der Waals surface area contributed by atoms with Crippen molar-refractivity contribution in [3.8, 4) is 11.4 Å². The number of benzene rings is 1. The van der Waals surface area contributed by atoms with Crippen LogP contribution in [0.25, 0.3) is 11.4 Å². The Morgan fingerprint density at radius 2 is 1.06 bits per heavy atom. The normalized spacial score (nSPS) is 11.3. The number of nitrogens with zero attached hydrogens (tertiary/aromatic N) is 2. The zero-order valence-electron chi connectivity index (χ0n) is 22.1. The van der Waals surface area contributed by atoms with Crippen LogP contribution < -0.4 is 4.57 Å². The molecular formula is C31H53N2+. The molecule has 0 unspecified atom stereocenters. The molecule has 0 radical (unpaired) electrons. The first kappa shape index (κ1) is 27.7. The molecule has 1 heterocycles. The lowest BCUT2D eigenvalue weighted by molar-refractivity contribution is -0.686. The molecule has 0 saturated carbocycles. The van der Waals surface area contributed by atoms with Crippen LogP contribution >= 0.6 is 0 Å². The second-order valence-corrected chi connectivity index (χ2v) is 10.0. The molecule has 1 aromatic carbocycles. The molecular weight excluding hydrogens is 400 g/mol. The Bertz CT molecular complexity index is 688. The number of hydrogen-bond donors (Lipinski definition) is 0. The molecule has 186 valence electrons. The number of hydrogen-bond acceptors (Lipinski definition) is 0. The van der Waals surface area contributed by atoms with Crippen molar-refractivity contribution in [1.29, 1.82) is 0 Å². The largest absolute Gasteiger partial charge is 0.288 e. The zero-order valence-corrected chi connectivity index (χ0v) is 22.1. The highest BCUT2D eigenvalue weighted by molar-refractivity contribution is 5.52. The van der Waals surface area contributed by atoms with Gasteiger partial charge in [-0.2, -0.15) is 0 Å². The first-order chi connectivity index (χ1) is 16.4. The van der Waals surface area contributed by atoms with Crippen LogP contribution in [0.5, 0.6) is 0 Å². The summed E-state index contributed by atoms with van der Waals surface area (Å²) in [5.41, 5.74) is 1.34. The fourth-order valence-corrected chi connectivity index (χ4v) is 4.91. The van der Waals surface area contributed by atoms with Crippen LogP contribution in [0.15, 0.2) is 42.7 Å². The topological polar surface area (TPSA) is 8.81 Å². The fourth-order valence-electron chi connectivity index (χ4n) is 4.91. The van der Waals surface area contributed by atoms with Crippen LogP contribution in [0.1, 0.15) is 129 Å². The average molecular weight is 454 g/mol. The zero-order chi connectivity index (χ0) is 23.4. The molecule has 2 heteroatoms. The highest BCUT2D eigenvalue weighted by atomic mass is 15.1. The molecule has 33 heavy (non-hydrogen) atoms. The maximum atomic E-state index is 2.48. The van der Waals surface area contributed by atoms with Crippen LogP contribution in [0, 0.1) is 0 Å². The smallest absolute Gasteiger partial charge is 0.230 e. The van der Waals surface area contributed by atoms with Gasteiger partial charge in [0.2, 0.25) is 0 Å². The van der Waals surface area contributed by atoms with Gasteiger partial charge in [0.05, 0.1) is 18.7 Å². The van der Waals surface area contributed by atoms with E-state index in [0.717, 1.165) is 13.1 Å². The first-order valence-electron chi connectivity index (χ1n) is 14.5. The van der Waals surface area contributed by atoms with Crippen molar-refractivity contribution >= 4 is 0 Å². The Hall–Kier alpha value is -1.57. The molecule has 0 bridgehead atoms. The highest BCUT2D eigenvalue weighted by Gasteiger charge is 2.18. The molecule has 0 atom stereocenters. The monoisotopic (exact) mass is 453 g/mol.